The fourth-order valence-corrected chi connectivity index (χ4v) is 3.20. The summed E-state index contributed by atoms with van der Waals surface area (Å²) in [6.45, 7) is 5.47. The van der Waals surface area contributed by atoms with Gasteiger partial charge in [-0.3, -0.25) is 9.10 Å². The summed E-state index contributed by atoms with van der Waals surface area (Å²) in [4.78, 5) is 13.5. The molecule has 0 heterocycles. The molecule has 1 amide bonds. The van der Waals surface area contributed by atoms with Crippen LogP contribution in [0, 0.1) is 13.8 Å². The molecule has 0 unspecified atom stereocenters. The molecule has 0 N–H and O–H groups in total. The molecule has 0 aliphatic carbocycles. The molecule has 5 nitrogen and oxygen atoms in total. The van der Waals surface area contributed by atoms with Gasteiger partial charge in [-0.05, 0) is 44.0 Å². The molecule has 6 heteroatoms. The minimum Gasteiger partial charge on any atom is -0.347 e. The van der Waals surface area contributed by atoms with Crippen molar-refractivity contribution in [1.82, 2.24) is 4.90 Å². The van der Waals surface area contributed by atoms with Crippen LogP contribution in [-0.4, -0.2) is 45.6 Å². The molecular formula is C14H22N2O3S. The predicted octanol–water partition coefficient (Wildman–Crippen LogP) is 1.55. The van der Waals surface area contributed by atoms with E-state index in [1.807, 2.05) is 19.9 Å². The number of anilines is 1. The monoisotopic (exact) mass is 298 g/mol. The van der Waals surface area contributed by atoms with Crippen molar-refractivity contribution in [3.8, 4) is 0 Å². The minimum atomic E-state index is -3.54. The summed E-state index contributed by atoms with van der Waals surface area (Å²) in [6, 6.07) is 4.59. The molecule has 0 fully saturated rings. The van der Waals surface area contributed by atoms with Crippen molar-refractivity contribution in [2.45, 2.75) is 26.8 Å². The molecule has 0 aromatic heterocycles. The topological polar surface area (TPSA) is 57.7 Å². The van der Waals surface area contributed by atoms with Gasteiger partial charge in [0.1, 0.15) is 6.04 Å². The first kappa shape index (κ1) is 16.5. The van der Waals surface area contributed by atoms with Gasteiger partial charge in [-0.2, -0.15) is 0 Å². The Balaban J connectivity index is 3.34. The highest BCUT2D eigenvalue weighted by molar-refractivity contribution is 7.92. The molecule has 0 spiro atoms. The second kappa shape index (κ2) is 5.83. The van der Waals surface area contributed by atoms with Crippen LogP contribution in [0.15, 0.2) is 18.2 Å². The van der Waals surface area contributed by atoms with Crippen LogP contribution in [0.1, 0.15) is 18.1 Å². The molecule has 0 bridgehead atoms. The average Bonchev–Trinajstić information content (AvgIpc) is 2.30. The van der Waals surface area contributed by atoms with E-state index in [4.69, 9.17) is 0 Å². The molecular weight excluding hydrogens is 276 g/mol. The number of nitrogens with zero attached hydrogens (tertiary/aromatic N) is 2. The SMILES string of the molecule is Cc1ccc(N([C@H](C)C(=O)N(C)C)S(C)(=O)=O)cc1C. The smallest absolute Gasteiger partial charge is 0.245 e. The Labute approximate surface area is 121 Å². The first-order chi connectivity index (χ1) is 9.05. The van der Waals surface area contributed by atoms with Crippen molar-refractivity contribution in [1.29, 1.82) is 0 Å². The standard InChI is InChI=1S/C14H22N2O3S/c1-10-7-8-13(9-11(10)2)16(20(6,18)19)12(3)14(17)15(4)5/h7-9,12H,1-6H3/t12-/m1/s1. The second-order valence-electron chi connectivity index (χ2n) is 5.24. The van der Waals surface area contributed by atoms with Crippen LogP contribution in [0.25, 0.3) is 0 Å². The van der Waals surface area contributed by atoms with E-state index in [2.05, 4.69) is 0 Å². The van der Waals surface area contributed by atoms with E-state index >= 15 is 0 Å². The zero-order valence-electron chi connectivity index (χ0n) is 12.8. The lowest BCUT2D eigenvalue weighted by molar-refractivity contribution is -0.129. The van der Waals surface area contributed by atoms with Crippen molar-refractivity contribution in [3.05, 3.63) is 29.3 Å². The highest BCUT2D eigenvalue weighted by atomic mass is 32.2. The Morgan fingerprint density at radius 2 is 1.70 bits per heavy atom. The molecule has 0 saturated carbocycles. The fraction of sp³-hybridized carbons (Fsp3) is 0.500. The summed E-state index contributed by atoms with van der Waals surface area (Å²) in [5.74, 6) is -0.256. The van der Waals surface area contributed by atoms with Crippen molar-refractivity contribution in [3.63, 3.8) is 0 Å². The zero-order valence-corrected chi connectivity index (χ0v) is 13.7. The van der Waals surface area contributed by atoms with Crippen LogP contribution in [0.4, 0.5) is 5.69 Å². The van der Waals surface area contributed by atoms with E-state index in [-0.39, 0.29) is 5.91 Å². The normalized spacial score (nSPS) is 12.9. The summed E-state index contributed by atoms with van der Waals surface area (Å²) >= 11 is 0. The van der Waals surface area contributed by atoms with Crippen LogP contribution >= 0.6 is 0 Å². The van der Waals surface area contributed by atoms with Gasteiger partial charge in [0.25, 0.3) is 0 Å². The van der Waals surface area contributed by atoms with Gasteiger partial charge in [-0.1, -0.05) is 6.07 Å². The van der Waals surface area contributed by atoms with Crippen LogP contribution in [0.2, 0.25) is 0 Å². The van der Waals surface area contributed by atoms with Gasteiger partial charge in [0.15, 0.2) is 0 Å². The lowest BCUT2D eigenvalue weighted by Crippen LogP contribution is -2.47. The number of sulfonamides is 1. The van der Waals surface area contributed by atoms with Crippen LogP contribution in [0.5, 0.6) is 0 Å². The molecule has 1 atom stereocenters. The summed E-state index contributed by atoms with van der Waals surface area (Å²) in [5.41, 5.74) is 2.58. The number of rotatable bonds is 4. The first-order valence-electron chi connectivity index (χ1n) is 6.33. The maximum atomic E-state index is 12.1. The van der Waals surface area contributed by atoms with E-state index in [0.29, 0.717) is 5.69 Å². The van der Waals surface area contributed by atoms with E-state index in [1.165, 1.54) is 9.21 Å². The maximum Gasteiger partial charge on any atom is 0.245 e. The Hall–Kier alpha value is -1.56. The Morgan fingerprint density at radius 1 is 1.15 bits per heavy atom. The Kier molecular flexibility index (Phi) is 4.81. The lowest BCUT2D eigenvalue weighted by Gasteiger charge is -2.30. The number of likely N-dealkylation sites (N-methyl/N-ethyl adjacent to an activating group) is 1. The summed E-state index contributed by atoms with van der Waals surface area (Å²) in [7, 11) is -0.318. The van der Waals surface area contributed by atoms with Crippen molar-refractivity contribution < 1.29 is 13.2 Å². The molecule has 0 aliphatic heterocycles. The number of aryl methyl sites for hydroxylation is 2. The quantitative estimate of drug-likeness (QED) is 0.847. The van der Waals surface area contributed by atoms with E-state index in [1.54, 1.807) is 33.2 Å². The van der Waals surface area contributed by atoms with Gasteiger partial charge in [-0.15, -0.1) is 0 Å². The number of carbonyl (C=O) groups is 1. The van der Waals surface area contributed by atoms with Crippen LogP contribution in [-0.2, 0) is 14.8 Å². The van der Waals surface area contributed by atoms with Gasteiger partial charge < -0.3 is 4.90 Å². The van der Waals surface area contributed by atoms with Crippen molar-refractivity contribution >= 4 is 21.6 Å². The average molecular weight is 298 g/mol. The minimum absolute atomic E-state index is 0.256. The summed E-state index contributed by atoms with van der Waals surface area (Å²) in [5, 5.41) is 0. The van der Waals surface area contributed by atoms with Gasteiger partial charge in [-0.25, -0.2) is 8.42 Å². The van der Waals surface area contributed by atoms with Gasteiger partial charge in [0, 0.05) is 14.1 Å². The van der Waals surface area contributed by atoms with Gasteiger partial charge in [0.05, 0.1) is 11.9 Å². The highest BCUT2D eigenvalue weighted by Gasteiger charge is 2.30. The molecule has 0 aliphatic rings. The molecule has 1 aromatic rings. The third kappa shape index (κ3) is 3.50. The fourth-order valence-electron chi connectivity index (χ4n) is 2.04. The molecule has 0 radical (unpaired) electrons. The largest absolute Gasteiger partial charge is 0.347 e. The third-order valence-corrected chi connectivity index (χ3v) is 4.49. The van der Waals surface area contributed by atoms with Crippen molar-refractivity contribution in [2.75, 3.05) is 24.7 Å². The summed E-state index contributed by atoms with van der Waals surface area (Å²) < 4.78 is 25.3. The van der Waals surface area contributed by atoms with Crippen LogP contribution < -0.4 is 4.31 Å². The number of hydrogen-bond donors (Lipinski definition) is 0. The zero-order chi connectivity index (χ0) is 15.7. The molecule has 112 valence electrons. The maximum absolute atomic E-state index is 12.1. The van der Waals surface area contributed by atoms with E-state index < -0.39 is 16.1 Å². The second-order valence-corrected chi connectivity index (χ2v) is 7.10. The number of benzene rings is 1. The first-order valence-corrected chi connectivity index (χ1v) is 8.18. The van der Waals surface area contributed by atoms with E-state index in [9.17, 15) is 13.2 Å². The number of amides is 1. The number of hydrogen-bond acceptors (Lipinski definition) is 3. The van der Waals surface area contributed by atoms with Gasteiger partial charge in [0.2, 0.25) is 15.9 Å². The molecule has 20 heavy (non-hydrogen) atoms. The highest BCUT2D eigenvalue weighted by Crippen LogP contribution is 2.24. The van der Waals surface area contributed by atoms with Crippen molar-refractivity contribution in [2.24, 2.45) is 0 Å². The summed E-state index contributed by atoms with van der Waals surface area (Å²) in [6.07, 6.45) is 1.11. The Bertz CT molecular complexity index is 609. The molecule has 1 rings (SSSR count). The lowest BCUT2D eigenvalue weighted by atomic mass is 10.1. The molecule has 0 saturated heterocycles. The molecule has 1 aromatic carbocycles. The predicted molar refractivity (Wildman–Crippen MR) is 81.4 cm³/mol. The number of carbonyl (C=O) groups excluding carboxylic acids is 1. The van der Waals surface area contributed by atoms with Crippen LogP contribution in [0.3, 0.4) is 0 Å². The van der Waals surface area contributed by atoms with Gasteiger partial charge >= 0.3 is 0 Å². The van der Waals surface area contributed by atoms with E-state index in [0.717, 1.165) is 17.4 Å². The third-order valence-electron chi connectivity index (χ3n) is 3.25. The Morgan fingerprint density at radius 3 is 2.10 bits per heavy atom.